The van der Waals surface area contributed by atoms with E-state index in [-0.39, 0.29) is 57.2 Å². The van der Waals surface area contributed by atoms with Gasteiger partial charge in [0.1, 0.15) is 0 Å². The van der Waals surface area contributed by atoms with Gasteiger partial charge < -0.3 is 10.1 Å². The summed E-state index contributed by atoms with van der Waals surface area (Å²) in [6, 6.07) is 6.79. The van der Waals surface area contributed by atoms with Gasteiger partial charge in [-0.3, -0.25) is 19.3 Å². The molecule has 6 nitrogen and oxygen atoms in total. The number of hydrogen-bond donors (Lipinski definition) is 1. The molecule has 1 aromatic carbocycles. The molecule has 0 aromatic heterocycles. The second kappa shape index (κ2) is 7.46. The first-order chi connectivity index (χ1) is 14.0. The Balaban J connectivity index is 1.35. The molecule has 8 heteroatoms. The van der Waals surface area contributed by atoms with Crippen LogP contribution in [0, 0.1) is 23.7 Å². The lowest BCUT2D eigenvalue weighted by molar-refractivity contribution is -0.123. The highest BCUT2D eigenvalue weighted by atomic mass is 79.9. The van der Waals surface area contributed by atoms with Crippen molar-refractivity contribution in [3.8, 4) is 0 Å². The van der Waals surface area contributed by atoms with Crippen molar-refractivity contribution in [2.45, 2.75) is 35.0 Å². The standard InChI is InChI=1S/C21H22Br2N2O4/c22-17-13-8-14(18(17)23)16-15(13)20(27)25(21(16)28)11-4-1-3-10(7-11)19(26)24-9-12-5-2-6-29-12/h1,3-4,7,12-18H,2,5-6,8-9H2,(H,24,26)/t12-,13-,14+,15-,16-,17-,18+/m0/s1. The molecule has 2 heterocycles. The van der Waals surface area contributed by atoms with E-state index in [1.54, 1.807) is 24.3 Å². The highest BCUT2D eigenvalue weighted by Gasteiger charge is 2.66. The van der Waals surface area contributed by atoms with Crippen molar-refractivity contribution >= 4 is 55.3 Å². The molecule has 3 amide bonds. The molecule has 4 fully saturated rings. The number of nitrogens with zero attached hydrogens (tertiary/aromatic N) is 1. The molecule has 0 radical (unpaired) electrons. The van der Waals surface area contributed by atoms with Gasteiger partial charge in [-0.15, -0.1) is 0 Å². The number of anilines is 1. The Morgan fingerprint density at radius 1 is 1.14 bits per heavy atom. The molecule has 7 atom stereocenters. The third-order valence-electron chi connectivity index (χ3n) is 6.87. The molecule has 2 aliphatic carbocycles. The van der Waals surface area contributed by atoms with E-state index in [1.807, 2.05) is 0 Å². The summed E-state index contributed by atoms with van der Waals surface area (Å²) in [6.45, 7) is 1.21. The lowest BCUT2D eigenvalue weighted by Gasteiger charge is -2.28. The van der Waals surface area contributed by atoms with Crippen molar-refractivity contribution in [2.24, 2.45) is 23.7 Å². The Bertz CT molecular complexity index is 840. The first-order valence-electron chi connectivity index (χ1n) is 10.1. The van der Waals surface area contributed by atoms with Gasteiger partial charge in [0.2, 0.25) is 11.8 Å². The Labute approximate surface area is 186 Å². The molecule has 1 aromatic rings. The number of amides is 3. The van der Waals surface area contributed by atoms with Gasteiger partial charge in [-0.2, -0.15) is 0 Å². The fourth-order valence-electron chi connectivity index (χ4n) is 5.50. The first kappa shape index (κ1) is 19.7. The van der Waals surface area contributed by atoms with E-state index in [0.29, 0.717) is 17.8 Å². The van der Waals surface area contributed by atoms with Crippen molar-refractivity contribution < 1.29 is 19.1 Å². The summed E-state index contributed by atoms with van der Waals surface area (Å²) in [5.41, 5.74) is 0.925. The third-order valence-corrected chi connectivity index (χ3v) is 10.1. The minimum absolute atomic E-state index is 0.0631. The minimum Gasteiger partial charge on any atom is -0.376 e. The lowest BCUT2D eigenvalue weighted by atomic mass is 9.81. The normalized spacial score (nSPS) is 38.0. The van der Waals surface area contributed by atoms with Gasteiger partial charge in [0.25, 0.3) is 5.91 Å². The molecule has 2 bridgehead atoms. The molecule has 0 unspecified atom stereocenters. The molecule has 1 N–H and O–H groups in total. The molecular formula is C21H22Br2N2O4. The number of hydrogen-bond acceptors (Lipinski definition) is 4. The van der Waals surface area contributed by atoms with Crippen molar-refractivity contribution in [3.63, 3.8) is 0 Å². The predicted molar refractivity (Wildman–Crippen MR) is 114 cm³/mol. The summed E-state index contributed by atoms with van der Waals surface area (Å²) < 4.78 is 5.54. The van der Waals surface area contributed by atoms with Gasteiger partial charge in [-0.25, -0.2) is 0 Å². The maximum atomic E-state index is 13.2. The number of benzene rings is 1. The van der Waals surface area contributed by atoms with Gasteiger partial charge in [0.15, 0.2) is 0 Å². The van der Waals surface area contributed by atoms with Crippen LogP contribution in [0.5, 0.6) is 0 Å². The molecule has 5 rings (SSSR count). The van der Waals surface area contributed by atoms with Crippen LogP contribution in [0.2, 0.25) is 0 Å². The largest absolute Gasteiger partial charge is 0.376 e. The fraction of sp³-hybridized carbons (Fsp3) is 0.571. The summed E-state index contributed by atoms with van der Waals surface area (Å²) >= 11 is 7.41. The van der Waals surface area contributed by atoms with Gasteiger partial charge in [-0.1, -0.05) is 37.9 Å². The zero-order chi connectivity index (χ0) is 20.3. The second-order valence-electron chi connectivity index (χ2n) is 8.41. The van der Waals surface area contributed by atoms with Crippen molar-refractivity contribution in [2.75, 3.05) is 18.1 Å². The van der Waals surface area contributed by atoms with Gasteiger partial charge in [0, 0.05) is 28.4 Å². The van der Waals surface area contributed by atoms with Crippen LogP contribution in [0.15, 0.2) is 24.3 Å². The van der Waals surface area contributed by atoms with Crippen LogP contribution in [0.25, 0.3) is 0 Å². The Hall–Kier alpha value is -1.25. The number of rotatable bonds is 4. The number of halogens is 2. The van der Waals surface area contributed by atoms with Crippen LogP contribution in [0.4, 0.5) is 5.69 Å². The Morgan fingerprint density at radius 3 is 2.45 bits per heavy atom. The summed E-state index contributed by atoms with van der Waals surface area (Å²) in [4.78, 5) is 40.6. The van der Waals surface area contributed by atoms with E-state index in [9.17, 15) is 14.4 Å². The maximum absolute atomic E-state index is 13.2. The SMILES string of the molecule is O=C(NC[C@@H]1CCCO1)c1cccc(N2C(=O)[C@H]3[C@@H]4C[C@@H]([C@@H](Br)[C@H]4Br)[C@@H]3C2=O)c1. The Morgan fingerprint density at radius 2 is 1.83 bits per heavy atom. The molecular weight excluding hydrogens is 504 g/mol. The summed E-state index contributed by atoms with van der Waals surface area (Å²) in [5.74, 6) is -0.655. The van der Waals surface area contributed by atoms with E-state index in [2.05, 4.69) is 37.2 Å². The maximum Gasteiger partial charge on any atom is 0.251 e. The van der Waals surface area contributed by atoms with E-state index in [0.717, 1.165) is 25.9 Å². The lowest BCUT2D eigenvalue weighted by Crippen LogP contribution is -2.37. The number of carbonyl (C=O) groups excluding carboxylic acids is 3. The van der Waals surface area contributed by atoms with Crippen LogP contribution >= 0.6 is 31.9 Å². The molecule has 4 aliphatic rings. The quantitative estimate of drug-likeness (QED) is 0.484. The number of imide groups is 1. The number of nitrogens with one attached hydrogen (secondary N) is 1. The van der Waals surface area contributed by atoms with Crippen molar-refractivity contribution in [3.05, 3.63) is 29.8 Å². The van der Waals surface area contributed by atoms with Crippen LogP contribution < -0.4 is 10.2 Å². The summed E-state index contributed by atoms with van der Waals surface area (Å²) in [5, 5.41) is 2.89. The van der Waals surface area contributed by atoms with Crippen molar-refractivity contribution in [1.82, 2.24) is 5.32 Å². The molecule has 2 saturated carbocycles. The van der Waals surface area contributed by atoms with Gasteiger partial charge in [-0.05, 0) is 49.3 Å². The van der Waals surface area contributed by atoms with E-state index < -0.39 is 0 Å². The van der Waals surface area contributed by atoms with Crippen LogP contribution in [-0.4, -0.2) is 46.6 Å². The van der Waals surface area contributed by atoms with Crippen LogP contribution in [0.1, 0.15) is 29.6 Å². The minimum atomic E-state index is -0.261. The van der Waals surface area contributed by atoms with E-state index in [1.165, 1.54) is 4.90 Å². The number of fused-ring (bicyclic) bond motifs is 5. The van der Waals surface area contributed by atoms with Crippen molar-refractivity contribution in [1.29, 1.82) is 0 Å². The Kier molecular flexibility index (Phi) is 5.07. The van der Waals surface area contributed by atoms with Gasteiger partial charge >= 0.3 is 0 Å². The second-order valence-corrected chi connectivity index (χ2v) is 10.5. The zero-order valence-electron chi connectivity index (χ0n) is 15.7. The number of ether oxygens (including phenoxy) is 1. The topological polar surface area (TPSA) is 75.7 Å². The van der Waals surface area contributed by atoms with Gasteiger partial charge in [0.05, 0.1) is 23.6 Å². The predicted octanol–water partition coefficient (Wildman–Crippen LogP) is 2.88. The number of carbonyl (C=O) groups is 3. The average molecular weight is 526 g/mol. The average Bonchev–Trinajstić information content (AvgIpc) is 3.47. The van der Waals surface area contributed by atoms with Crippen LogP contribution in [-0.2, 0) is 14.3 Å². The zero-order valence-corrected chi connectivity index (χ0v) is 18.9. The molecule has 0 spiro atoms. The van der Waals surface area contributed by atoms with E-state index in [4.69, 9.17) is 4.74 Å². The molecule has 154 valence electrons. The number of alkyl halides is 2. The monoisotopic (exact) mass is 524 g/mol. The summed E-state index contributed by atoms with van der Waals surface area (Å²) in [7, 11) is 0. The smallest absolute Gasteiger partial charge is 0.251 e. The highest BCUT2D eigenvalue weighted by Crippen LogP contribution is 2.60. The summed E-state index contributed by atoms with van der Waals surface area (Å²) in [6.07, 6.45) is 2.93. The van der Waals surface area contributed by atoms with E-state index >= 15 is 0 Å². The molecule has 2 aliphatic heterocycles. The third kappa shape index (κ3) is 3.10. The van der Waals surface area contributed by atoms with Crippen LogP contribution in [0.3, 0.4) is 0 Å². The molecule has 29 heavy (non-hydrogen) atoms. The molecule has 2 saturated heterocycles. The first-order valence-corrected chi connectivity index (χ1v) is 12.0. The highest BCUT2D eigenvalue weighted by molar-refractivity contribution is 9.12. The fourth-order valence-corrected chi connectivity index (χ4v) is 7.38.